The molecule has 0 spiro atoms. The fourth-order valence-corrected chi connectivity index (χ4v) is 2.63. The van der Waals surface area contributed by atoms with Crippen LogP contribution in [0.3, 0.4) is 0 Å². The number of H-pyrrole nitrogens is 1. The summed E-state index contributed by atoms with van der Waals surface area (Å²) in [5.41, 5.74) is 1.02. The summed E-state index contributed by atoms with van der Waals surface area (Å²) in [5, 5.41) is 16.2. The lowest BCUT2D eigenvalue weighted by molar-refractivity contribution is 0.0474. The molecule has 1 atom stereocenters. The number of carbonyl (C=O) groups is 1. The minimum Gasteiger partial charge on any atom is -0.391 e. The molecule has 1 aromatic heterocycles. The van der Waals surface area contributed by atoms with E-state index in [2.05, 4.69) is 10.2 Å². The van der Waals surface area contributed by atoms with Gasteiger partial charge < -0.3 is 10.0 Å². The van der Waals surface area contributed by atoms with Crippen LogP contribution < -0.4 is 0 Å². The van der Waals surface area contributed by atoms with Crippen LogP contribution in [0.2, 0.25) is 0 Å². The van der Waals surface area contributed by atoms with E-state index in [4.69, 9.17) is 0 Å². The van der Waals surface area contributed by atoms with Gasteiger partial charge in [-0.05, 0) is 25.0 Å². The summed E-state index contributed by atoms with van der Waals surface area (Å²) in [6, 6.07) is 6.25. The Bertz CT molecular complexity index is 656. The van der Waals surface area contributed by atoms with Crippen LogP contribution in [0.15, 0.2) is 30.5 Å². The van der Waals surface area contributed by atoms with Crippen molar-refractivity contribution in [2.45, 2.75) is 18.9 Å². The van der Waals surface area contributed by atoms with Gasteiger partial charge in [0.05, 0.1) is 23.6 Å². The minimum absolute atomic E-state index is 0.235. The van der Waals surface area contributed by atoms with Crippen LogP contribution >= 0.6 is 0 Å². The van der Waals surface area contributed by atoms with E-state index in [1.807, 2.05) is 0 Å². The van der Waals surface area contributed by atoms with Gasteiger partial charge in [-0.15, -0.1) is 0 Å². The van der Waals surface area contributed by atoms with E-state index < -0.39 is 11.9 Å². The molecular weight excluding hydrogens is 273 g/mol. The number of aliphatic hydroxyl groups is 1. The van der Waals surface area contributed by atoms with Crippen LogP contribution in [-0.2, 0) is 0 Å². The zero-order chi connectivity index (χ0) is 14.8. The third-order valence-electron chi connectivity index (χ3n) is 3.70. The Hall–Kier alpha value is -2.21. The number of halogens is 1. The number of hydrogen-bond donors (Lipinski definition) is 2. The highest BCUT2D eigenvalue weighted by Crippen LogP contribution is 2.25. The number of rotatable bonds is 2. The Balaban J connectivity index is 1.92. The SMILES string of the molecule is O=C(c1cn[nH]c1-c1ccccc1F)N1CCCC(O)C1. The molecule has 2 aromatic rings. The Morgan fingerprint density at radius 1 is 1.43 bits per heavy atom. The minimum atomic E-state index is -0.494. The Morgan fingerprint density at radius 2 is 2.24 bits per heavy atom. The second-order valence-electron chi connectivity index (χ2n) is 5.19. The maximum absolute atomic E-state index is 13.9. The lowest BCUT2D eigenvalue weighted by Crippen LogP contribution is -2.42. The molecule has 1 unspecified atom stereocenters. The number of β-amino-alcohol motifs (C(OH)–C–C–N with tert-alkyl or cyclic N) is 1. The van der Waals surface area contributed by atoms with Crippen LogP contribution in [-0.4, -0.2) is 45.3 Å². The van der Waals surface area contributed by atoms with Crippen LogP contribution in [0.25, 0.3) is 11.3 Å². The first-order valence-corrected chi connectivity index (χ1v) is 6.92. The van der Waals surface area contributed by atoms with E-state index in [0.717, 1.165) is 6.42 Å². The van der Waals surface area contributed by atoms with Crippen LogP contribution in [0.5, 0.6) is 0 Å². The van der Waals surface area contributed by atoms with E-state index in [-0.39, 0.29) is 5.91 Å². The summed E-state index contributed by atoms with van der Waals surface area (Å²) in [7, 11) is 0. The first-order chi connectivity index (χ1) is 10.2. The number of aliphatic hydroxyl groups excluding tert-OH is 1. The average molecular weight is 289 g/mol. The Labute approximate surface area is 121 Å². The number of aromatic amines is 1. The second-order valence-corrected chi connectivity index (χ2v) is 5.19. The Kier molecular flexibility index (Phi) is 3.70. The zero-order valence-electron chi connectivity index (χ0n) is 11.4. The highest BCUT2D eigenvalue weighted by molar-refractivity contribution is 5.99. The van der Waals surface area contributed by atoms with Gasteiger partial charge in [-0.3, -0.25) is 9.89 Å². The number of likely N-dealkylation sites (tertiary alicyclic amines) is 1. The maximum Gasteiger partial charge on any atom is 0.257 e. The highest BCUT2D eigenvalue weighted by atomic mass is 19.1. The summed E-state index contributed by atoms with van der Waals surface area (Å²) in [4.78, 5) is 14.1. The number of aromatic nitrogens is 2. The number of nitrogens with one attached hydrogen (secondary N) is 1. The maximum atomic E-state index is 13.9. The number of amides is 1. The molecule has 1 amide bonds. The normalized spacial score (nSPS) is 18.8. The molecule has 6 heteroatoms. The third-order valence-corrected chi connectivity index (χ3v) is 3.70. The van der Waals surface area contributed by atoms with Gasteiger partial charge in [0.1, 0.15) is 5.82 Å². The summed E-state index contributed by atoms with van der Waals surface area (Å²) in [6.07, 6.45) is 2.38. The second kappa shape index (κ2) is 5.65. The largest absolute Gasteiger partial charge is 0.391 e. The van der Waals surface area contributed by atoms with Crippen molar-refractivity contribution in [3.05, 3.63) is 41.8 Å². The van der Waals surface area contributed by atoms with Crippen LogP contribution in [0, 0.1) is 5.82 Å². The molecule has 1 aromatic carbocycles. The molecule has 110 valence electrons. The molecule has 2 N–H and O–H groups in total. The molecule has 0 aliphatic carbocycles. The molecule has 5 nitrogen and oxygen atoms in total. The van der Waals surface area contributed by atoms with E-state index in [1.165, 1.54) is 12.3 Å². The van der Waals surface area contributed by atoms with Crippen molar-refractivity contribution in [3.63, 3.8) is 0 Å². The smallest absolute Gasteiger partial charge is 0.257 e. The van der Waals surface area contributed by atoms with Crippen molar-refractivity contribution < 1.29 is 14.3 Å². The van der Waals surface area contributed by atoms with Gasteiger partial charge in [0.25, 0.3) is 5.91 Å². The lowest BCUT2D eigenvalue weighted by atomic mass is 10.0. The van der Waals surface area contributed by atoms with Crippen LogP contribution in [0.1, 0.15) is 23.2 Å². The average Bonchev–Trinajstić information content (AvgIpc) is 2.96. The van der Waals surface area contributed by atoms with E-state index in [0.29, 0.717) is 36.3 Å². The van der Waals surface area contributed by atoms with E-state index in [9.17, 15) is 14.3 Å². The lowest BCUT2D eigenvalue weighted by Gasteiger charge is -2.30. The first-order valence-electron chi connectivity index (χ1n) is 6.92. The summed E-state index contributed by atoms with van der Waals surface area (Å²) in [5.74, 6) is -0.643. The molecule has 21 heavy (non-hydrogen) atoms. The van der Waals surface area contributed by atoms with E-state index in [1.54, 1.807) is 23.1 Å². The molecular formula is C15H16FN3O2. The van der Waals surface area contributed by atoms with E-state index >= 15 is 0 Å². The molecule has 2 heterocycles. The first kappa shape index (κ1) is 13.8. The fourth-order valence-electron chi connectivity index (χ4n) is 2.63. The molecule has 0 saturated carbocycles. The van der Waals surface area contributed by atoms with Gasteiger partial charge in [0.2, 0.25) is 0 Å². The highest BCUT2D eigenvalue weighted by Gasteiger charge is 2.26. The topological polar surface area (TPSA) is 69.2 Å². The third kappa shape index (κ3) is 2.67. The van der Waals surface area contributed by atoms with Crippen molar-refractivity contribution in [1.82, 2.24) is 15.1 Å². The van der Waals surface area contributed by atoms with Crippen molar-refractivity contribution in [3.8, 4) is 11.3 Å². The van der Waals surface area contributed by atoms with Gasteiger partial charge in [-0.2, -0.15) is 5.10 Å². The van der Waals surface area contributed by atoms with Crippen LogP contribution in [0.4, 0.5) is 4.39 Å². The monoisotopic (exact) mass is 289 g/mol. The van der Waals surface area contributed by atoms with Gasteiger partial charge in [0.15, 0.2) is 0 Å². The molecule has 3 rings (SSSR count). The zero-order valence-corrected chi connectivity index (χ0v) is 11.4. The number of hydrogen-bond acceptors (Lipinski definition) is 3. The van der Waals surface area contributed by atoms with Crippen molar-refractivity contribution in [2.75, 3.05) is 13.1 Å². The Morgan fingerprint density at radius 3 is 3.00 bits per heavy atom. The summed E-state index contributed by atoms with van der Waals surface area (Å²) >= 11 is 0. The van der Waals surface area contributed by atoms with Gasteiger partial charge in [-0.1, -0.05) is 12.1 Å². The number of carbonyl (C=O) groups excluding carboxylic acids is 1. The number of piperidine rings is 1. The van der Waals surface area contributed by atoms with Crippen molar-refractivity contribution in [2.24, 2.45) is 0 Å². The quantitative estimate of drug-likeness (QED) is 0.886. The fraction of sp³-hybridized carbons (Fsp3) is 0.333. The van der Waals surface area contributed by atoms with Gasteiger partial charge in [-0.25, -0.2) is 4.39 Å². The number of nitrogens with zero attached hydrogens (tertiary/aromatic N) is 2. The summed E-state index contributed by atoms with van der Waals surface area (Å²) < 4.78 is 13.9. The molecule has 1 saturated heterocycles. The van der Waals surface area contributed by atoms with Gasteiger partial charge >= 0.3 is 0 Å². The molecule has 1 aliphatic rings. The molecule has 0 bridgehead atoms. The predicted molar refractivity (Wildman–Crippen MR) is 75.1 cm³/mol. The van der Waals surface area contributed by atoms with Crippen molar-refractivity contribution >= 4 is 5.91 Å². The predicted octanol–water partition coefficient (Wildman–Crippen LogP) is 1.81. The molecule has 1 aliphatic heterocycles. The van der Waals surface area contributed by atoms with Crippen molar-refractivity contribution in [1.29, 1.82) is 0 Å². The number of benzene rings is 1. The summed E-state index contributed by atoms with van der Waals surface area (Å²) in [6.45, 7) is 0.901. The molecule has 1 fully saturated rings. The molecule has 0 radical (unpaired) electrons. The van der Waals surface area contributed by atoms with Gasteiger partial charge in [0, 0.05) is 18.7 Å². The standard InChI is InChI=1S/C15H16FN3O2/c16-13-6-2-1-5-11(13)14-12(8-17-18-14)15(21)19-7-3-4-10(20)9-19/h1-2,5-6,8,10,20H,3-4,7,9H2,(H,17,18).